The SMILES string of the molecule is CCc1cn(C)c2nc(Cl)ncc12. The molecule has 0 aliphatic rings. The van der Waals surface area contributed by atoms with Gasteiger partial charge in [0.1, 0.15) is 5.65 Å². The smallest absolute Gasteiger partial charge is 0.224 e. The Morgan fingerprint density at radius 3 is 3.00 bits per heavy atom. The molecule has 0 radical (unpaired) electrons. The molecule has 3 nitrogen and oxygen atoms in total. The Morgan fingerprint density at radius 2 is 2.31 bits per heavy atom. The molecule has 0 bridgehead atoms. The van der Waals surface area contributed by atoms with Gasteiger partial charge in [-0.25, -0.2) is 4.98 Å². The van der Waals surface area contributed by atoms with E-state index in [9.17, 15) is 0 Å². The van der Waals surface area contributed by atoms with E-state index in [2.05, 4.69) is 23.1 Å². The third-order valence-corrected chi connectivity index (χ3v) is 2.33. The van der Waals surface area contributed by atoms with Crippen LogP contribution in [-0.2, 0) is 13.5 Å². The van der Waals surface area contributed by atoms with E-state index in [-0.39, 0.29) is 0 Å². The fourth-order valence-electron chi connectivity index (χ4n) is 1.49. The minimum atomic E-state index is 0.302. The molecule has 0 aromatic carbocycles. The van der Waals surface area contributed by atoms with Gasteiger partial charge < -0.3 is 4.57 Å². The third-order valence-electron chi connectivity index (χ3n) is 2.15. The first-order valence-corrected chi connectivity index (χ1v) is 4.56. The Labute approximate surface area is 81.4 Å². The summed E-state index contributed by atoms with van der Waals surface area (Å²) in [7, 11) is 1.96. The Hall–Kier alpha value is -1.09. The van der Waals surface area contributed by atoms with Gasteiger partial charge in [-0.1, -0.05) is 6.92 Å². The molecule has 2 aromatic heterocycles. The topological polar surface area (TPSA) is 30.7 Å². The van der Waals surface area contributed by atoms with E-state index >= 15 is 0 Å². The predicted molar refractivity (Wildman–Crippen MR) is 52.9 cm³/mol. The first-order chi connectivity index (χ1) is 6.22. The number of nitrogens with zero attached hydrogens (tertiary/aromatic N) is 3. The quantitative estimate of drug-likeness (QED) is 0.653. The maximum absolute atomic E-state index is 5.71. The van der Waals surface area contributed by atoms with Crippen molar-refractivity contribution >= 4 is 22.6 Å². The minimum absolute atomic E-state index is 0.302. The van der Waals surface area contributed by atoms with Crippen molar-refractivity contribution in [2.24, 2.45) is 7.05 Å². The van der Waals surface area contributed by atoms with Crippen molar-refractivity contribution in [2.75, 3.05) is 0 Å². The molecule has 0 unspecified atom stereocenters. The molecule has 2 rings (SSSR count). The summed E-state index contributed by atoms with van der Waals surface area (Å²) in [6.45, 7) is 2.11. The van der Waals surface area contributed by atoms with E-state index in [4.69, 9.17) is 11.6 Å². The molecule has 0 saturated carbocycles. The van der Waals surface area contributed by atoms with Gasteiger partial charge in [0.05, 0.1) is 0 Å². The fourth-order valence-corrected chi connectivity index (χ4v) is 1.62. The van der Waals surface area contributed by atoms with Crippen LogP contribution >= 0.6 is 11.6 Å². The highest BCUT2D eigenvalue weighted by atomic mass is 35.5. The van der Waals surface area contributed by atoms with Gasteiger partial charge in [0.25, 0.3) is 0 Å². The molecule has 0 fully saturated rings. The zero-order valence-electron chi connectivity index (χ0n) is 7.58. The van der Waals surface area contributed by atoms with Crippen LogP contribution in [0.1, 0.15) is 12.5 Å². The van der Waals surface area contributed by atoms with Crippen LogP contribution in [0.5, 0.6) is 0 Å². The molecule has 68 valence electrons. The average molecular weight is 196 g/mol. The van der Waals surface area contributed by atoms with Crippen molar-refractivity contribution in [1.29, 1.82) is 0 Å². The Kier molecular flexibility index (Phi) is 1.96. The monoisotopic (exact) mass is 195 g/mol. The Bertz CT molecular complexity index is 447. The standard InChI is InChI=1S/C9H10ClN3/c1-3-6-5-13(2)8-7(6)4-11-9(10)12-8/h4-5H,3H2,1-2H3. The second-order valence-electron chi connectivity index (χ2n) is 3.00. The highest BCUT2D eigenvalue weighted by Gasteiger charge is 2.06. The maximum atomic E-state index is 5.71. The number of halogens is 1. The lowest BCUT2D eigenvalue weighted by atomic mass is 10.2. The molecule has 4 heteroatoms. The van der Waals surface area contributed by atoms with Crippen molar-refractivity contribution in [3.63, 3.8) is 0 Å². The van der Waals surface area contributed by atoms with E-state index in [1.165, 1.54) is 5.56 Å². The second kappa shape index (κ2) is 3.00. The molecule has 0 spiro atoms. The number of hydrogen-bond donors (Lipinski definition) is 0. The van der Waals surface area contributed by atoms with E-state index in [0.29, 0.717) is 5.28 Å². The normalized spacial score (nSPS) is 11.0. The summed E-state index contributed by atoms with van der Waals surface area (Å²) in [5.74, 6) is 0. The summed E-state index contributed by atoms with van der Waals surface area (Å²) in [5, 5.41) is 1.39. The molecule has 2 aromatic rings. The van der Waals surface area contributed by atoms with Gasteiger partial charge in [-0.05, 0) is 23.6 Å². The molecule has 0 atom stereocenters. The Morgan fingerprint density at radius 1 is 1.54 bits per heavy atom. The molecular weight excluding hydrogens is 186 g/mol. The van der Waals surface area contributed by atoms with Gasteiger partial charge in [-0.15, -0.1) is 0 Å². The van der Waals surface area contributed by atoms with Crippen LogP contribution in [0.15, 0.2) is 12.4 Å². The van der Waals surface area contributed by atoms with Crippen molar-refractivity contribution in [1.82, 2.24) is 14.5 Å². The summed E-state index contributed by atoms with van der Waals surface area (Å²) in [6, 6.07) is 0. The van der Waals surface area contributed by atoms with Crippen LogP contribution in [0, 0.1) is 0 Å². The van der Waals surface area contributed by atoms with E-state index in [1.54, 1.807) is 6.20 Å². The largest absolute Gasteiger partial charge is 0.335 e. The van der Waals surface area contributed by atoms with Gasteiger partial charge in [0.15, 0.2) is 0 Å². The third kappa shape index (κ3) is 1.29. The number of hydrogen-bond acceptors (Lipinski definition) is 2. The Balaban J connectivity index is 2.80. The minimum Gasteiger partial charge on any atom is -0.335 e. The van der Waals surface area contributed by atoms with Crippen LogP contribution in [0.4, 0.5) is 0 Å². The zero-order valence-corrected chi connectivity index (χ0v) is 8.34. The molecule has 0 saturated heterocycles. The van der Waals surface area contributed by atoms with Crippen molar-refractivity contribution in [3.05, 3.63) is 23.2 Å². The van der Waals surface area contributed by atoms with Crippen LogP contribution in [-0.4, -0.2) is 14.5 Å². The summed E-state index contributed by atoms with van der Waals surface area (Å²) in [5.41, 5.74) is 2.16. The van der Waals surface area contributed by atoms with Gasteiger partial charge in [-0.3, -0.25) is 0 Å². The lowest BCUT2D eigenvalue weighted by Crippen LogP contribution is -1.89. The van der Waals surface area contributed by atoms with Crippen LogP contribution in [0.25, 0.3) is 11.0 Å². The lowest BCUT2D eigenvalue weighted by Gasteiger charge is -1.94. The van der Waals surface area contributed by atoms with Gasteiger partial charge in [0, 0.05) is 24.8 Å². The van der Waals surface area contributed by atoms with Crippen molar-refractivity contribution in [2.45, 2.75) is 13.3 Å². The number of aromatic nitrogens is 3. The van der Waals surface area contributed by atoms with Crippen LogP contribution in [0.3, 0.4) is 0 Å². The summed E-state index contributed by atoms with van der Waals surface area (Å²) < 4.78 is 1.97. The first-order valence-electron chi connectivity index (χ1n) is 4.19. The molecule has 0 aliphatic carbocycles. The van der Waals surface area contributed by atoms with Gasteiger partial charge in [-0.2, -0.15) is 4.98 Å². The molecule has 0 aliphatic heterocycles. The second-order valence-corrected chi connectivity index (χ2v) is 3.33. The predicted octanol–water partition coefficient (Wildman–Crippen LogP) is 2.18. The van der Waals surface area contributed by atoms with Gasteiger partial charge in [0.2, 0.25) is 5.28 Å². The average Bonchev–Trinajstić information content (AvgIpc) is 2.43. The number of aryl methyl sites for hydroxylation is 2. The molecule has 2 heterocycles. The number of rotatable bonds is 1. The lowest BCUT2D eigenvalue weighted by molar-refractivity contribution is 0.934. The van der Waals surface area contributed by atoms with E-state index in [0.717, 1.165) is 17.5 Å². The molecular formula is C9H10ClN3. The first kappa shape index (κ1) is 8.51. The van der Waals surface area contributed by atoms with Gasteiger partial charge >= 0.3 is 0 Å². The van der Waals surface area contributed by atoms with Crippen molar-refractivity contribution < 1.29 is 0 Å². The van der Waals surface area contributed by atoms with E-state index in [1.807, 2.05) is 11.6 Å². The summed E-state index contributed by atoms with van der Waals surface area (Å²) in [4.78, 5) is 8.13. The molecule has 0 N–H and O–H groups in total. The fraction of sp³-hybridized carbons (Fsp3) is 0.333. The maximum Gasteiger partial charge on any atom is 0.224 e. The highest BCUT2D eigenvalue weighted by molar-refractivity contribution is 6.28. The number of fused-ring (bicyclic) bond motifs is 1. The van der Waals surface area contributed by atoms with Crippen LogP contribution in [0.2, 0.25) is 5.28 Å². The highest BCUT2D eigenvalue weighted by Crippen LogP contribution is 2.19. The molecule has 13 heavy (non-hydrogen) atoms. The summed E-state index contributed by atoms with van der Waals surface area (Å²) >= 11 is 5.71. The summed E-state index contributed by atoms with van der Waals surface area (Å²) in [6.07, 6.45) is 4.83. The molecule has 0 amide bonds. The zero-order chi connectivity index (χ0) is 9.42. The van der Waals surface area contributed by atoms with Crippen molar-refractivity contribution in [3.8, 4) is 0 Å². The van der Waals surface area contributed by atoms with E-state index < -0.39 is 0 Å². The van der Waals surface area contributed by atoms with Crippen LogP contribution < -0.4 is 0 Å².